The van der Waals surface area contributed by atoms with Gasteiger partial charge in [-0.3, -0.25) is 0 Å². The second-order valence-corrected chi connectivity index (χ2v) is 1.77. The number of aliphatic hydroxyl groups excluding tert-OH is 1. The van der Waals surface area contributed by atoms with Gasteiger partial charge in [-0.25, -0.2) is 0 Å². The summed E-state index contributed by atoms with van der Waals surface area (Å²) in [6.45, 7) is 0.905. The summed E-state index contributed by atoms with van der Waals surface area (Å²) in [6.07, 6.45) is -0.431. The molecule has 0 bridgehead atoms. The van der Waals surface area contributed by atoms with E-state index in [9.17, 15) is 0 Å². The third-order valence-corrected chi connectivity index (χ3v) is 1.09. The van der Waals surface area contributed by atoms with Gasteiger partial charge in [-0.2, -0.15) is 0 Å². The Kier molecular flexibility index (Phi) is 3.31. The summed E-state index contributed by atoms with van der Waals surface area (Å²) in [7, 11) is 0. The summed E-state index contributed by atoms with van der Waals surface area (Å²) in [4.78, 5) is 0. The van der Waals surface area contributed by atoms with Crippen molar-refractivity contribution in [3.63, 3.8) is 0 Å². The fraction of sp³-hybridized carbons (Fsp3) is 1.00. The molecule has 1 fully saturated rings. The first kappa shape index (κ1) is 8.17. The molecule has 3 nitrogen and oxygen atoms in total. The molecular weight excluding hydrogens is 130 g/mol. The molecule has 1 heterocycles. The third-order valence-electron chi connectivity index (χ3n) is 1.09. The van der Waals surface area contributed by atoms with Crippen LogP contribution in [-0.2, 0) is 4.74 Å². The molecule has 0 saturated carbocycles. The molecular formula is C4H10ClNO2. The van der Waals surface area contributed by atoms with E-state index in [1.54, 1.807) is 0 Å². The van der Waals surface area contributed by atoms with E-state index in [1.807, 2.05) is 0 Å². The van der Waals surface area contributed by atoms with E-state index in [0.29, 0.717) is 13.2 Å². The van der Waals surface area contributed by atoms with Crippen LogP contribution in [0.15, 0.2) is 0 Å². The molecule has 0 aliphatic carbocycles. The minimum atomic E-state index is -0.431. The Morgan fingerprint density at radius 3 is 2.25 bits per heavy atom. The molecule has 50 valence electrons. The molecule has 4 heteroatoms. The van der Waals surface area contributed by atoms with Gasteiger partial charge in [0.25, 0.3) is 0 Å². The number of halogens is 1. The monoisotopic (exact) mass is 139 g/mol. The highest BCUT2D eigenvalue weighted by Gasteiger charge is 2.21. The van der Waals surface area contributed by atoms with Crippen LogP contribution in [0.1, 0.15) is 0 Å². The van der Waals surface area contributed by atoms with Gasteiger partial charge in [0.05, 0.1) is 25.4 Å². The van der Waals surface area contributed by atoms with Gasteiger partial charge >= 0.3 is 0 Å². The Balaban J connectivity index is 0.000000490. The first-order chi connectivity index (χ1) is 3.30. The van der Waals surface area contributed by atoms with Gasteiger partial charge in [-0.05, 0) is 0 Å². The number of nitrogens with two attached hydrogens (primary N) is 1. The van der Waals surface area contributed by atoms with Crippen LogP contribution in [0.3, 0.4) is 0 Å². The smallest absolute Gasteiger partial charge is 0.0946 e. The predicted octanol–water partition coefficient (Wildman–Crippen LogP) is -0.873. The Bertz CT molecular complexity index is 63.1. The first-order valence-corrected chi connectivity index (χ1v) is 2.32. The van der Waals surface area contributed by atoms with E-state index in [1.165, 1.54) is 0 Å². The van der Waals surface area contributed by atoms with Crippen LogP contribution in [0, 0.1) is 0 Å². The summed E-state index contributed by atoms with van der Waals surface area (Å²) in [5.41, 5.74) is 5.30. The highest BCUT2D eigenvalue weighted by Crippen LogP contribution is 2.00. The number of ether oxygens (including phenoxy) is 1. The number of aliphatic hydroxyl groups is 1. The summed E-state index contributed by atoms with van der Waals surface area (Å²) in [5.74, 6) is 0. The lowest BCUT2D eigenvalue weighted by atomic mass is 10.2. The number of rotatable bonds is 0. The molecule has 0 aromatic carbocycles. The second-order valence-electron chi connectivity index (χ2n) is 1.77. The topological polar surface area (TPSA) is 55.5 Å². The Morgan fingerprint density at radius 2 is 2.12 bits per heavy atom. The molecule has 0 aromatic heterocycles. The zero-order valence-corrected chi connectivity index (χ0v) is 5.23. The number of hydrogen-bond donors (Lipinski definition) is 2. The zero-order chi connectivity index (χ0) is 5.28. The van der Waals surface area contributed by atoms with E-state index < -0.39 is 6.10 Å². The minimum absolute atomic E-state index is 0. The molecule has 1 saturated heterocycles. The standard InChI is InChI=1S/C4H9NO2.ClH/c5-3-1-7-2-4(3)6;/h3-4,6H,1-2,5H2;1H/t3?,4-;/m1./s1. The first-order valence-electron chi connectivity index (χ1n) is 2.32. The van der Waals surface area contributed by atoms with Crippen LogP contribution < -0.4 is 5.73 Å². The minimum Gasteiger partial charge on any atom is -0.389 e. The molecule has 0 radical (unpaired) electrons. The van der Waals surface area contributed by atoms with E-state index >= 15 is 0 Å². The van der Waals surface area contributed by atoms with Gasteiger partial charge in [0.1, 0.15) is 0 Å². The third kappa shape index (κ3) is 1.59. The van der Waals surface area contributed by atoms with E-state index in [0.717, 1.165) is 0 Å². The maximum absolute atomic E-state index is 8.75. The van der Waals surface area contributed by atoms with Crippen molar-refractivity contribution in [3.05, 3.63) is 0 Å². The van der Waals surface area contributed by atoms with Crippen LogP contribution in [0.25, 0.3) is 0 Å². The quantitative estimate of drug-likeness (QED) is 0.459. The van der Waals surface area contributed by atoms with Gasteiger partial charge in [0, 0.05) is 0 Å². The van der Waals surface area contributed by atoms with Crippen molar-refractivity contribution in [3.8, 4) is 0 Å². The average molecular weight is 140 g/mol. The molecule has 0 aromatic rings. The maximum atomic E-state index is 8.75. The van der Waals surface area contributed by atoms with Crippen LogP contribution in [0.4, 0.5) is 0 Å². The van der Waals surface area contributed by atoms with E-state index in [-0.39, 0.29) is 18.4 Å². The van der Waals surface area contributed by atoms with E-state index in [4.69, 9.17) is 15.6 Å². The highest BCUT2D eigenvalue weighted by atomic mass is 35.5. The highest BCUT2D eigenvalue weighted by molar-refractivity contribution is 5.85. The Labute approximate surface area is 54.2 Å². The Hall–Kier alpha value is 0.170. The molecule has 3 N–H and O–H groups in total. The lowest BCUT2D eigenvalue weighted by Crippen LogP contribution is -2.32. The molecule has 1 unspecified atom stereocenters. The molecule has 8 heavy (non-hydrogen) atoms. The van der Waals surface area contributed by atoms with Crippen LogP contribution in [0.5, 0.6) is 0 Å². The van der Waals surface area contributed by atoms with Crippen LogP contribution in [0.2, 0.25) is 0 Å². The molecule has 1 aliphatic heterocycles. The number of hydrogen-bond acceptors (Lipinski definition) is 3. The van der Waals surface area contributed by atoms with Gasteiger partial charge in [0.15, 0.2) is 0 Å². The second kappa shape index (κ2) is 3.25. The summed E-state index contributed by atoms with van der Waals surface area (Å²) >= 11 is 0. The van der Waals surface area contributed by atoms with Crippen molar-refractivity contribution in [1.29, 1.82) is 0 Å². The van der Waals surface area contributed by atoms with Crippen molar-refractivity contribution >= 4 is 12.4 Å². The molecule has 0 amide bonds. The van der Waals surface area contributed by atoms with Crippen molar-refractivity contribution in [2.75, 3.05) is 13.2 Å². The SMILES string of the molecule is Cl.NC1COC[C@H]1O. The largest absolute Gasteiger partial charge is 0.389 e. The summed E-state index contributed by atoms with van der Waals surface area (Å²) < 4.78 is 4.79. The van der Waals surface area contributed by atoms with Gasteiger partial charge in [0.2, 0.25) is 0 Å². The molecule has 0 spiro atoms. The van der Waals surface area contributed by atoms with Crippen LogP contribution >= 0.6 is 12.4 Å². The average Bonchev–Trinajstić information content (AvgIpc) is 1.91. The molecule has 1 rings (SSSR count). The summed E-state index contributed by atoms with van der Waals surface area (Å²) in [5, 5.41) is 8.75. The summed E-state index contributed by atoms with van der Waals surface area (Å²) in [6, 6.07) is -0.153. The van der Waals surface area contributed by atoms with Gasteiger partial charge < -0.3 is 15.6 Å². The fourth-order valence-corrected chi connectivity index (χ4v) is 0.560. The zero-order valence-electron chi connectivity index (χ0n) is 4.41. The normalized spacial score (nSPS) is 36.8. The van der Waals surface area contributed by atoms with Crippen molar-refractivity contribution in [1.82, 2.24) is 0 Å². The van der Waals surface area contributed by atoms with E-state index in [2.05, 4.69) is 0 Å². The predicted molar refractivity (Wildman–Crippen MR) is 32.0 cm³/mol. The van der Waals surface area contributed by atoms with Crippen molar-refractivity contribution in [2.24, 2.45) is 5.73 Å². The molecule has 1 aliphatic rings. The van der Waals surface area contributed by atoms with Crippen LogP contribution in [-0.4, -0.2) is 30.5 Å². The Morgan fingerprint density at radius 1 is 1.50 bits per heavy atom. The maximum Gasteiger partial charge on any atom is 0.0946 e. The van der Waals surface area contributed by atoms with Crippen molar-refractivity contribution in [2.45, 2.75) is 12.1 Å². The lowest BCUT2D eigenvalue weighted by molar-refractivity contribution is 0.125. The van der Waals surface area contributed by atoms with Gasteiger partial charge in [-0.15, -0.1) is 12.4 Å². The van der Waals surface area contributed by atoms with Crippen molar-refractivity contribution < 1.29 is 9.84 Å². The fourth-order valence-electron chi connectivity index (χ4n) is 0.560. The molecule has 2 atom stereocenters. The lowest BCUT2D eigenvalue weighted by Gasteiger charge is -2.01. The van der Waals surface area contributed by atoms with Gasteiger partial charge in [-0.1, -0.05) is 0 Å².